The smallest absolute Gasteiger partial charge is 0.261 e. The molecule has 16 heavy (non-hydrogen) atoms. The van der Waals surface area contributed by atoms with Gasteiger partial charge in [0.25, 0.3) is 5.89 Å². The minimum absolute atomic E-state index is 0.139. The Hall–Kier alpha value is -1.36. The van der Waals surface area contributed by atoms with E-state index < -0.39 is 0 Å². The fourth-order valence-electron chi connectivity index (χ4n) is 1.54. The van der Waals surface area contributed by atoms with Crippen molar-refractivity contribution in [3.05, 3.63) is 28.5 Å². The number of phenols is 1. The molecule has 4 nitrogen and oxygen atoms in total. The maximum Gasteiger partial charge on any atom is 0.261 e. The number of phenolic OH excluding ortho intramolecular Hbond substituents is 1. The van der Waals surface area contributed by atoms with E-state index in [1.54, 1.807) is 12.1 Å². The predicted molar refractivity (Wildman–Crippen MR) is 61.1 cm³/mol. The summed E-state index contributed by atoms with van der Waals surface area (Å²) in [6.07, 6.45) is 2.26. The summed E-state index contributed by atoms with van der Waals surface area (Å²) in [5.74, 6) is 1.72. The van der Waals surface area contributed by atoms with Gasteiger partial charge >= 0.3 is 0 Å². The van der Waals surface area contributed by atoms with Crippen LogP contribution in [0.5, 0.6) is 5.75 Å². The van der Waals surface area contributed by atoms with Crippen molar-refractivity contribution in [2.24, 2.45) is 0 Å². The molecule has 0 bridgehead atoms. The fourth-order valence-corrected chi connectivity index (χ4v) is 1.89. The van der Waals surface area contributed by atoms with E-state index in [-0.39, 0.29) is 5.75 Å². The zero-order valence-corrected chi connectivity index (χ0v) is 9.94. The maximum atomic E-state index is 9.75. The predicted octanol–water partition coefficient (Wildman–Crippen LogP) is 3.08. The highest BCUT2D eigenvalue weighted by atomic mass is 79.9. The van der Waals surface area contributed by atoms with E-state index in [4.69, 9.17) is 4.52 Å². The lowest BCUT2D eigenvalue weighted by molar-refractivity contribution is 0.417. The van der Waals surface area contributed by atoms with Crippen LogP contribution in [0.4, 0.5) is 0 Å². The van der Waals surface area contributed by atoms with E-state index in [1.165, 1.54) is 0 Å². The van der Waals surface area contributed by atoms with Crippen LogP contribution >= 0.6 is 15.9 Å². The van der Waals surface area contributed by atoms with Crippen LogP contribution in [0.3, 0.4) is 0 Å². The average molecular weight is 281 g/mol. The normalized spacial score (nSPS) is 15.3. The van der Waals surface area contributed by atoms with Crippen LogP contribution in [-0.2, 0) is 0 Å². The summed E-state index contributed by atoms with van der Waals surface area (Å²) in [5, 5.41) is 13.7. The Balaban J connectivity index is 2.00. The highest BCUT2D eigenvalue weighted by Gasteiger charge is 2.29. The third-order valence-corrected chi connectivity index (χ3v) is 3.07. The first-order chi connectivity index (χ1) is 7.74. The van der Waals surface area contributed by atoms with E-state index in [2.05, 4.69) is 26.1 Å². The zero-order chi connectivity index (χ0) is 11.1. The first kappa shape index (κ1) is 9.84. The van der Waals surface area contributed by atoms with Gasteiger partial charge in [0.15, 0.2) is 5.82 Å². The molecule has 1 aliphatic carbocycles. The van der Waals surface area contributed by atoms with Crippen molar-refractivity contribution < 1.29 is 9.63 Å². The molecule has 1 aliphatic rings. The molecule has 0 atom stereocenters. The van der Waals surface area contributed by atoms with Gasteiger partial charge in [0.1, 0.15) is 5.75 Å². The molecule has 1 N–H and O–H groups in total. The van der Waals surface area contributed by atoms with Gasteiger partial charge in [0, 0.05) is 10.4 Å². The number of benzene rings is 1. The molecule has 1 fully saturated rings. The molecular formula is C11H9BrN2O2. The Labute approximate surface area is 100 Å². The van der Waals surface area contributed by atoms with Crippen molar-refractivity contribution in [3.8, 4) is 17.2 Å². The molecule has 82 valence electrons. The highest BCUT2D eigenvalue weighted by Crippen LogP contribution is 2.39. The fraction of sp³-hybridized carbons (Fsp3) is 0.273. The standard InChI is InChI=1S/C11H9BrN2O2/c12-7-3-4-8(9(15)5-7)11-13-10(14-16-11)6-1-2-6/h3-6,15H,1-2H2. The molecule has 0 amide bonds. The molecule has 1 saturated carbocycles. The molecular weight excluding hydrogens is 272 g/mol. The second kappa shape index (κ2) is 3.59. The summed E-state index contributed by atoms with van der Waals surface area (Å²) in [5.41, 5.74) is 0.572. The monoisotopic (exact) mass is 280 g/mol. The Morgan fingerprint density at radius 3 is 2.88 bits per heavy atom. The Kier molecular flexibility index (Phi) is 2.21. The minimum Gasteiger partial charge on any atom is -0.507 e. The molecule has 0 aliphatic heterocycles. The molecule has 0 radical (unpaired) electrons. The van der Waals surface area contributed by atoms with E-state index in [0.717, 1.165) is 23.1 Å². The number of halogens is 1. The molecule has 0 spiro atoms. The van der Waals surface area contributed by atoms with E-state index in [9.17, 15) is 5.11 Å². The third-order valence-electron chi connectivity index (χ3n) is 2.57. The van der Waals surface area contributed by atoms with Crippen LogP contribution in [0.15, 0.2) is 27.2 Å². The van der Waals surface area contributed by atoms with Gasteiger partial charge < -0.3 is 9.63 Å². The van der Waals surface area contributed by atoms with Crippen LogP contribution in [-0.4, -0.2) is 15.2 Å². The zero-order valence-electron chi connectivity index (χ0n) is 8.35. The first-order valence-corrected chi connectivity index (χ1v) is 5.86. The molecule has 5 heteroatoms. The van der Waals surface area contributed by atoms with Crippen molar-refractivity contribution in [1.29, 1.82) is 0 Å². The lowest BCUT2D eigenvalue weighted by atomic mass is 10.2. The van der Waals surface area contributed by atoms with Crippen molar-refractivity contribution in [2.45, 2.75) is 18.8 Å². The van der Waals surface area contributed by atoms with Crippen LogP contribution in [0.2, 0.25) is 0 Å². The number of hydrogen-bond donors (Lipinski definition) is 1. The second-order valence-corrected chi connectivity index (χ2v) is 4.81. The second-order valence-electron chi connectivity index (χ2n) is 3.89. The van der Waals surface area contributed by atoms with E-state index >= 15 is 0 Å². The maximum absolute atomic E-state index is 9.75. The number of nitrogens with zero attached hydrogens (tertiary/aromatic N) is 2. The lowest BCUT2D eigenvalue weighted by Crippen LogP contribution is -1.83. The van der Waals surface area contributed by atoms with Gasteiger partial charge in [-0.1, -0.05) is 21.1 Å². The minimum atomic E-state index is 0.139. The third kappa shape index (κ3) is 1.71. The Morgan fingerprint density at radius 1 is 1.38 bits per heavy atom. The molecule has 0 saturated heterocycles. The number of aromatic nitrogens is 2. The number of rotatable bonds is 2. The SMILES string of the molecule is Oc1cc(Br)ccc1-c1nc(C2CC2)no1. The Bertz CT molecular complexity index is 535. The molecule has 2 aromatic rings. The molecule has 1 heterocycles. The molecule has 3 rings (SSSR count). The van der Waals surface area contributed by atoms with Crippen molar-refractivity contribution >= 4 is 15.9 Å². The van der Waals surface area contributed by atoms with Gasteiger partial charge in [-0.3, -0.25) is 0 Å². The average Bonchev–Trinajstić information content (AvgIpc) is 2.98. The van der Waals surface area contributed by atoms with Gasteiger partial charge in [-0.2, -0.15) is 4.98 Å². The van der Waals surface area contributed by atoms with Crippen LogP contribution in [0, 0.1) is 0 Å². The Morgan fingerprint density at radius 2 is 2.19 bits per heavy atom. The summed E-state index contributed by atoms with van der Waals surface area (Å²) in [7, 11) is 0. The summed E-state index contributed by atoms with van der Waals surface area (Å²) in [6, 6.07) is 5.19. The van der Waals surface area contributed by atoms with Crippen molar-refractivity contribution in [3.63, 3.8) is 0 Å². The van der Waals surface area contributed by atoms with Crippen LogP contribution in [0.1, 0.15) is 24.6 Å². The summed E-state index contributed by atoms with van der Waals surface area (Å²) < 4.78 is 5.95. The van der Waals surface area contributed by atoms with E-state index in [1.807, 2.05) is 6.07 Å². The molecule has 1 aromatic carbocycles. The quantitative estimate of drug-likeness (QED) is 0.919. The number of hydrogen-bond acceptors (Lipinski definition) is 4. The van der Waals surface area contributed by atoms with Crippen molar-refractivity contribution in [2.75, 3.05) is 0 Å². The molecule has 1 aromatic heterocycles. The highest BCUT2D eigenvalue weighted by molar-refractivity contribution is 9.10. The van der Waals surface area contributed by atoms with Crippen molar-refractivity contribution in [1.82, 2.24) is 10.1 Å². The number of aromatic hydroxyl groups is 1. The summed E-state index contributed by atoms with van der Waals surface area (Å²) in [4.78, 5) is 4.28. The van der Waals surface area contributed by atoms with Crippen LogP contribution < -0.4 is 0 Å². The van der Waals surface area contributed by atoms with Gasteiger partial charge in [0.05, 0.1) is 5.56 Å². The first-order valence-electron chi connectivity index (χ1n) is 5.06. The van der Waals surface area contributed by atoms with Crippen LogP contribution in [0.25, 0.3) is 11.5 Å². The molecule has 0 unspecified atom stereocenters. The van der Waals surface area contributed by atoms with Gasteiger partial charge in [0.2, 0.25) is 0 Å². The topological polar surface area (TPSA) is 59.2 Å². The van der Waals surface area contributed by atoms with Gasteiger partial charge in [-0.15, -0.1) is 0 Å². The largest absolute Gasteiger partial charge is 0.507 e. The summed E-state index contributed by atoms with van der Waals surface area (Å²) in [6.45, 7) is 0. The van der Waals surface area contributed by atoms with E-state index in [0.29, 0.717) is 17.4 Å². The lowest BCUT2D eigenvalue weighted by Gasteiger charge is -1.98. The van der Waals surface area contributed by atoms with Gasteiger partial charge in [-0.05, 0) is 31.0 Å². The van der Waals surface area contributed by atoms with Gasteiger partial charge in [-0.25, -0.2) is 0 Å². The summed E-state index contributed by atoms with van der Waals surface area (Å²) >= 11 is 3.28.